The quantitative estimate of drug-likeness (QED) is 0.853. The van der Waals surface area contributed by atoms with Gasteiger partial charge in [-0.3, -0.25) is 4.79 Å². The predicted molar refractivity (Wildman–Crippen MR) is 75.1 cm³/mol. The largest absolute Gasteiger partial charge is 0.383 e. The summed E-state index contributed by atoms with van der Waals surface area (Å²) < 4.78 is 0. The Labute approximate surface area is 108 Å². The molecule has 0 radical (unpaired) electrons. The molecule has 1 aliphatic rings. The van der Waals surface area contributed by atoms with E-state index in [1.807, 2.05) is 19.1 Å². The molecule has 0 saturated heterocycles. The van der Waals surface area contributed by atoms with Crippen molar-refractivity contribution in [3.63, 3.8) is 0 Å². The van der Waals surface area contributed by atoms with E-state index in [-0.39, 0.29) is 5.91 Å². The van der Waals surface area contributed by atoms with Crippen LogP contribution in [0.4, 0.5) is 11.4 Å². The predicted octanol–water partition coefficient (Wildman–Crippen LogP) is 1.83. The number of anilines is 2. The standard InChI is InChI=1S/C14H21N3O/c1-2-15-14(18)8-11-17-10-5-9-16-12-6-3-4-7-13(12)17/h3-4,6-7,16H,2,5,8-11H2,1H3,(H,15,18). The number of benzene rings is 1. The Bertz CT molecular complexity index is 406. The summed E-state index contributed by atoms with van der Waals surface area (Å²) in [6, 6.07) is 8.30. The molecule has 18 heavy (non-hydrogen) atoms. The summed E-state index contributed by atoms with van der Waals surface area (Å²) in [5.41, 5.74) is 2.38. The minimum atomic E-state index is 0.132. The number of nitrogens with zero attached hydrogens (tertiary/aromatic N) is 1. The van der Waals surface area contributed by atoms with Gasteiger partial charge in [0.05, 0.1) is 11.4 Å². The summed E-state index contributed by atoms with van der Waals surface area (Å²) in [4.78, 5) is 13.8. The van der Waals surface area contributed by atoms with Gasteiger partial charge in [0.15, 0.2) is 0 Å². The lowest BCUT2D eigenvalue weighted by molar-refractivity contribution is -0.120. The summed E-state index contributed by atoms with van der Waals surface area (Å²) in [5.74, 6) is 0.132. The molecule has 0 aliphatic carbocycles. The summed E-state index contributed by atoms with van der Waals surface area (Å²) in [6.45, 7) is 5.43. The van der Waals surface area contributed by atoms with Crippen LogP contribution in [0.15, 0.2) is 24.3 Å². The van der Waals surface area contributed by atoms with Gasteiger partial charge >= 0.3 is 0 Å². The maximum Gasteiger partial charge on any atom is 0.221 e. The van der Waals surface area contributed by atoms with Crippen molar-refractivity contribution in [2.24, 2.45) is 0 Å². The van der Waals surface area contributed by atoms with Crippen molar-refractivity contribution in [1.29, 1.82) is 0 Å². The molecule has 0 fully saturated rings. The van der Waals surface area contributed by atoms with Crippen LogP contribution in [0.1, 0.15) is 19.8 Å². The van der Waals surface area contributed by atoms with E-state index in [0.29, 0.717) is 13.0 Å². The molecule has 0 spiro atoms. The smallest absolute Gasteiger partial charge is 0.221 e. The fourth-order valence-corrected chi connectivity index (χ4v) is 2.27. The van der Waals surface area contributed by atoms with Crippen LogP contribution in [0.2, 0.25) is 0 Å². The molecule has 1 heterocycles. The Hall–Kier alpha value is -1.71. The van der Waals surface area contributed by atoms with Gasteiger partial charge in [-0.25, -0.2) is 0 Å². The molecule has 1 aromatic carbocycles. The zero-order valence-electron chi connectivity index (χ0n) is 10.9. The first kappa shape index (κ1) is 12.7. The zero-order chi connectivity index (χ0) is 12.8. The second kappa shape index (κ2) is 6.28. The van der Waals surface area contributed by atoms with E-state index in [1.54, 1.807) is 0 Å². The van der Waals surface area contributed by atoms with Crippen molar-refractivity contribution in [1.82, 2.24) is 5.32 Å². The second-order valence-corrected chi connectivity index (χ2v) is 4.49. The van der Waals surface area contributed by atoms with Crippen LogP contribution < -0.4 is 15.5 Å². The second-order valence-electron chi connectivity index (χ2n) is 4.49. The van der Waals surface area contributed by atoms with E-state index in [1.165, 1.54) is 11.4 Å². The number of carbonyl (C=O) groups excluding carboxylic acids is 1. The van der Waals surface area contributed by atoms with Gasteiger partial charge in [0.2, 0.25) is 5.91 Å². The highest BCUT2D eigenvalue weighted by molar-refractivity contribution is 5.77. The Morgan fingerprint density at radius 1 is 1.44 bits per heavy atom. The number of fused-ring (bicyclic) bond motifs is 1. The number of rotatable bonds is 4. The number of nitrogens with one attached hydrogen (secondary N) is 2. The molecule has 4 heteroatoms. The lowest BCUT2D eigenvalue weighted by atomic mass is 10.2. The van der Waals surface area contributed by atoms with Gasteiger partial charge in [0.25, 0.3) is 0 Å². The zero-order valence-corrected chi connectivity index (χ0v) is 10.9. The van der Waals surface area contributed by atoms with E-state index in [9.17, 15) is 4.79 Å². The SMILES string of the molecule is CCNC(=O)CCN1CCCNc2ccccc21. The molecular weight excluding hydrogens is 226 g/mol. The first-order chi connectivity index (χ1) is 8.81. The Kier molecular flexibility index (Phi) is 4.45. The van der Waals surface area contributed by atoms with Crippen molar-refractivity contribution >= 4 is 17.3 Å². The summed E-state index contributed by atoms with van der Waals surface area (Å²) in [7, 11) is 0. The molecule has 0 unspecified atom stereocenters. The lowest BCUT2D eigenvalue weighted by Crippen LogP contribution is -2.31. The van der Waals surface area contributed by atoms with Crippen molar-refractivity contribution in [2.75, 3.05) is 36.4 Å². The van der Waals surface area contributed by atoms with Crippen molar-refractivity contribution in [3.05, 3.63) is 24.3 Å². The normalized spacial score (nSPS) is 14.4. The monoisotopic (exact) mass is 247 g/mol. The number of carbonyl (C=O) groups is 1. The van der Waals surface area contributed by atoms with Gasteiger partial charge in [0, 0.05) is 32.6 Å². The average Bonchev–Trinajstić information content (AvgIpc) is 2.59. The molecule has 0 atom stereocenters. The van der Waals surface area contributed by atoms with E-state index >= 15 is 0 Å². The number of hydrogen-bond donors (Lipinski definition) is 2. The van der Waals surface area contributed by atoms with Crippen molar-refractivity contribution < 1.29 is 4.79 Å². The summed E-state index contributed by atoms with van der Waals surface area (Å²) >= 11 is 0. The lowest BCUT2D eigenvalue weighted by Gasteiger charge is -2.24. The van der Waals surface area contributed by atoms with Gasteiger partial charge in [-0.1, -0.05) is 12.1 Å². The highest BCUT2D eigenvalue weighted by Crippen LogP contribution is 2.27. The highest BCUT2D eigenvalue weighted by Gasteiger charge is 2.14. The minimum Gasteiger partial charge on any atom is -0.383 e. The van der Waals surface area contributed by atoms with E-state index in [0.717, 1.165) is 26.1 Å². The molecule has 1 amide bonds. The molecule has 1 aromatic rings. The fourth-order valence-electron chi connectivity index (χ4n) is 2.27. The molecule has 1 aliphatic heterocycles. The van der Waals surface area contributed by atoms with E-state index < -0.39 is 0 Å². The third-order valence-corrected chi connectivity index (χ3v) is 3.15. The van der Waals surface area contributed by atoms with Gasteiger partial charge in [-0.2, -0.15) is 0 Å². The van der Waals surface area contributed by atoms with Crippen LogP contribution in [-0.4, -0.2) is 32.1 Å². The van der Waals surface area contributed by atoms with Gasteiger partial charge in [-0.15, -0.1) is 0 Å². The number of para-hydroxylation sites is 2. The fraction of sp³-hybridized carbons (Fsp3) is 0.500. The van der Waals surface area contributed by atoms with Crippen LogP contribution >= 0.6 is 0 Å². The first-order valence-electron chi connectivity index (χ1n) is 6.66. The third-order valence-electron chi connectivity index (χ3n) is 3.15. The molecule has 0 saturated carbocycles. The van der Waals surface area contributed by atoms with Crippen LogP contribution in [0.25, 0.3) is 0 Å². The third kappa shape index (κ3) is 3.15. The van der Waals surface area contributed by atoms with Gasteiger partial charge in [-0.05, 0) is 25.5 Å². The number of hydrogen-bond acceptors (Lipinski definition) is 3. The molecule has 2 N–H and O–H groups in total. The topological polar surface area (TPSA) is 44.4 Å². The highest BCUT2D eigenvalue weighted by atomic mass is 16.1. The Morgan fingerprint density at radius 3 is 3.11 bits per heavy atom. The van der Waals surface area contributed by atoms with Crippen LogP contribution in [-0.2, 0) is 4.79 Å². The molecular formula is C14H21N3O. The maximum absolute atomic E-state index is 11.5. The summed E-state index contributed by atoms with van der Waals surface area (Å²) in [6.07, 6.45) is 1.66. The maximum atomic E-state index is 11.5. The molecule has 0 bridgehead atoms. The Morgan fingerprint density at radius 2 is 2.28 bits per heavy atom. The molecule has 2 rings (SSSR count). The van der Waals surface area contributed by atoms with E-state index in [2.05, 4.69) is 27.7 Å². The van der Waals surface area contributed by atoms with Crippen molar-refractivity contribution in [2.45, 2.75) is 19.8 Å². The minimum absolute atomic E-state index is 0.132. The van der Waals surface area contributed by atoms with Crippen molar-refractivity contribution in [3.8, 4) is 0 Å². The van der Waals surface area contributed by atoms with E-state index in [4.69, 9.17) is 0 Å². The van der Waals surface area contributed by atoms with Crippen LogP contribution in [0, 0.1) is 0 Å². The average molecular weight is 247 g/mol. The molecule has 98 valence electrons. The van der Waals surface area contributed by atoms with Crippen LogP contribution in [0.3, 0.4) is 0 Å². The molecule has 0 aromatic heterocycles. The Balaban J connectivity index is 2.02. The first-order valence-corrected chi connectivity index (χ1v) is 6.66. The summed E-state index contributed by atoms with van der Waals surface area (Å²) in [5, 5.41) is 6.27. The van der Waals surface area contributed by atoms with Gasteiger partial charge < -0.3 is 15.5 Å². The van der Waals surface area contributed by atoms with Crippen LogP contribution in [0.5, 0.6) is 0 Å². The molecule has 4 nitrogen and oxygen atoms in total. The van der Waals surface area contributed by atoms with Gasteiger partial charge in [0.1, 0.15) is 0 Å². The number of amides is 1.